The van der Waals surface area contributed by atoms with Gasteiger partial charge in [-0.3, -0.25) is 4.39 Å². The van der Waals surface area contributed by atoms with Crippen molar-refractivity contribution in [3.8, 4) is 5.75 Å². The van der Waals surface area contributed by atoms with E-state index >= 15 is 0 Å². The van der Waals surface area contributed by atoms with Gasteiger partial charge in [0.25, 0.3) is 0 Å². The highest BCUT2D eigenvalue weighted by Crippen LogP contribution is 2.44. The summed E-state index contributed by atoms with van der Waals surface area (Å²) in [7, 11) is 0. The molecule has 3 rings (SSSR count). The molecule has 0 spiro atoms. The summed E-state index contributed by atoms with van der Waals surface area (Å²) < 4.78 is 17.7. The molecule has 2 fully saturated rings. The fourth-order valence-corrected chi connectivity index (χ4v) is 5.22. The van der Waals surface area contributed by atoms with Gasteiger partial charge in [0, 0.05) is 0 Å². The highest BCUT2D eigenvalue weighted by Gasteiger charge is 2.30. The minimum atomic E-state index is -0.184. The first-order valence-electron chi connectivity index (χ1n) is 11.3. The zero-order valence-corrected chi connectivity index (χ0v) is 17.0. The number of ether oxygens (including phenoxy) is 1. The van der Waals surface area contributed by atoms with E-state index in [1.165, 1.54) is 56.9 Å². The molecule has 2 aliphatic carbocycles. The van der Waals surface area contributed by atoms with Crippen molar-refractivity contribution < 1.29 is 9.13 Å². The van der Waals surface area contributed by atoms with E-state index in [9.17, 15) is 4.39 Å². The lowest BCUT2D eigenvalue weighted by atomic mass is 9.68. The summed E-state index contributed by atoms with van der Waals surface area (Å²) in [6, 6.07) is 8.81. The molecule has 0 heterocycles. The van der Waals surface area contributed by atoms with Gasteiger partial charge in [-0.2, -0.15) is 0 Å². The largest absolute Gasteiger partial charge is 0.494 e. The molecule has 0 N–H and O–H groups in total. The number of alkyl halides is 1. The van der Waals surface area contributed by atoms with Crippen molar-refractivity contribution >= 4 is 0 Å². The summed E-state index contributed by atoms with van der Waals surface area (Å²) in [6.45, 7) is 2.59. The van der Waals surface area contributed by atoms with Gasteiger partial charge in [-0.15, -0.1) is 0 Å². The Morgan fingerprint density at radius 3 is 2.15 bits per heavy atom. The van der Waals surface area contributed by atoms with Crippen LogP contribution in [0.5, 0.6) is 5.75 Å². The van der Waals surface area contributed by atoms with E-state index in [-0.39, 0.29) is 6.67 Å². The van der Waals surface area contributed by atoms with Crippen LogP contribution in [0.4, 0.5) is 4.39 Å². The third-order valence-electron chi connectivity index (χ3n) is 6.83. The zero-order valence-electron chi connectivity index (χ0n) is 17.0. The molecule has 27 heavy (non-hydrogen) atoms. The van der Waals surface area contributed by atoms with E-state index in [1.807, 2.05) is 6.92 Å². The van der Waals surface area contributed by atoms with Gasteiger partial charge in [0.05, 0.1) is 13.3 Å². The van der Waals surface area contributed by atoms with Crippen LogP contribution in [0.25, 0.3) is 0 Å². The fraction of sp³-hybridized carbons (Fsp3) is 0.680. The van der Waals surface area contributed by atoms with E-state index in [2.05, 4.69) is 36.4 Å². The second-order valence-corrected chi connectivity index (χ2v) is 8.55. The van der Waals surface area contributed by atoms with Gasteiger partial charge in [-0.25, -0.2) is 0 Å². The van der Waals surface area contributed by atoms with Crippen LogP contribution in [-0.2, 0) is 0 Å². The van der Waals surface area contributed by atoms with Crippen LogP contribution in [0.1, 0.15) is 82.6 Å². The number of halogens is 1. The Morgan fingerprint density at radius 2 is 1.56 bits per heavy atom. The molecule has 1 nitrogen and oxygen atoms in total. The van der Waals surface area contributed by atoms with Crippen LogP contribution in [0.2, 0.25) is 0 Å². The summed E-state index contributed by atoms with van der Waals surface area (Å²) in [6.07, 6.45) is 17.2. The molecule has 2 heteroatoms. The van der Waals surface area contributed by atoms with Gasteiger partial charge in [-0.1, -0.05) is 24.3 Å². The summed E-state index contributed by atoms with van der Waals surface area (Å²) in [5, 5.41) is 0. The van der Waals surface area contributed by atoms with Crippen molar-refractivity contribution in [3.05, 3.63) is 42.0 Å². The quantitative estimate of drug-likeness (QED) is 0.340. The van der Waals surface area contributed by atoms with Crippen molar-refractivity contribution in [1.29, 1.82) is 0 Å². The van der Waals surface area contributed by atoms with E-state index in [0.29, 0.717) is 6.42 Å². The lowest BCUT2D eigenvalue weighted by Crippen LogP contribution is -2.25. The van der Waals surface area contributed by atoms with Crippen molar-refractivity contribution in [2.24, 2.45) is 17.8 Å². The monoisotopic (exact) mass is 372 g/mol. The molecule has 1 aromatic carbocycles. The molecule has 2 aliphatic rings. The lowest BCUT2D eigenvalue weighted by molar-refractivity contribution is 0.171. The van der Waals surface area contributed by atoms with Gasteiger partial charge >= 0.3 is 0 Å². The smallest absolute Gasteiger partial charge is 0.119 e. The molecule has 0 atom stereocenters. The van der Waals surface area contributed by atoms with E-state index in [1.54, 1.807) is 0 Å². The van der Waals surface area contributed by atoms with Crippen molar-refractivity contribution in [3.63, 3.8) is 0 Å². The van der Waals surface area contributed by atoms with Crippen molar-refractivity contribution in [1.82, 2.24) is 0 Å². The van der Waals surface area contributed by atoms with Crippen LogP contribution >= 0.6 is 0 Å². The number of allylic oxidation sites excluding steroid dienone is 2. The summed E-state index contributed by atoms with van der Waals surface area (Å²) in [5.74, 6) is 4.38. The van der Waals surface area contributed by atoms with Crippen LogP contribution in [0.15, 0.2) is 36.4 Å². The van der Waals surface area contributed by atoms with Crippen molar-refractivity contribution in [2.75, 3.05) is 13.3 Å². The van der Waals surface area contributed by atoms with Crippen LogP contribution < -0.4 is 4.74 Å². The third kappa shape index (κ3) is 6.09. The SMILES string of the molecule is CCOc1ccc([C@H]2CC[C@H]([C@H]3CC[C@H](C=CCCCF)CC3)CC2)cc1. The van der Waals surface area contributed by atoms with E-state index in [4.69, 9.17) is 4.74 Å². The predicted octanol–water partition coefficient (Wildman–Crippen LogP) is 7.47. The second kappa shape index (κ2) is 10.9. The Kier molecular flexibility index (Phi) is 8.23. The van der Waals surface area contributed by atoms with Gasteiger partial charge in [0.2, 0.25) is 0 Å². The summed E-state index contributed by atoms with van der Waals surface area (Å²) in [5.41, 5.74) is 1.50. The second-order valence-electron chi connectivity index (χ2n) is 8.55. The molecule has 2 saturated carbocycles. The number of unbranched alkanes of at least 4 members (excludes halogenated alkanes) is 1. The van der Waals surface area contributed by atoms with Crippen LogP contribution in [0.3, 0.4) is 0 Å². The average Bonchev–Trinajstić information content (AvgIpc) is 2.73. The maximum atomic E-state index is 12.2. The molecule has 0 radical (unpaired) electrons. The normalized spacial score (nSPS) is 29.1. The van der Waals surface area contributed by atoms with Gasteiger partial charge in [-0.05, 0) is 112 Å². The molecule has 0 aromatic heterocycles. The maximum absolute atomic E-state index is 12.2. The van der Waals surface area contributed by atoms with E-state index in [0.717, 1.165) is 42.4 Å². The summed E-state index contributed by atoms with van der Waals surface area (Å²) in [4.78, 5) is 0. The maximum Gasteiger partial charge on any atom is 0.119 e. The first kappa shape index (κ1) is 20.4. The van der Waals surface area contributed by atoms with Crippen LogP contribution in [0, 0.1) is 17.8 Å². The standard InChI is InChI=1S/C25H37FO/c1-2-27-25-17-15-24(16-18-25)23-13-11-22(12-14-23)21-9-7-20(8-10-21)6-4-3-5-19-26/h4,6,15-18,20-23H,2-3,5,7-14,19H2,1H3/t20-,21-,22-,23-. The molecular weight excluding hydrogens is 335 g/mol. The van der Waals surface area contributed by atoms with E-state index < -0.39 is 0 Å². The molecule has 0 aliphatic heterocycles. The Bertz CT molecular complexity index is 548. The van der Waals surface area contributed by atoms with Crippen molar-refractivity contribution in [2.45, 2.75) is 77.0 Å². The molecule has 0 bridgehead atoms. The Morgan fingerprint density at radius 1 is 0.926 bits per heavy atom. The Balaban J connectivity index is 1.40. The molecule has 0 unspecified atom stereocenters. The van der Waals surface area contributed by atoms with Gasteiger partial charge in [0.1, 0.15) is 5.75 Å². The summed E-state index contributed by atoms with van der Waals surface area (Å²) >= 11 is 0. The molecule has 1 aromatic rings. The molecule has 150 valence electrons. The number of hydrogen-bond acceptors (Lipinski definition) is 1. The zero-order chi connectivity index (χ0) is 18.9. The predicted molar refractivity (Wildman–Crippen MR) is 112 cm³/mol. The first-order chi connectivity index (χ1) is 13.3. The molecule has 0 saturated heterocycles. The first-order valence-corrected chi connectivity index (χ1v) is 11.3. The Labute approximate surface area is 165 Å². The number of rotatable bonds is 8. The minimum Gasteiger partial charge on any atom is -0.494 e. The molecule has 0 amide bonds. The average molecular weight is 373 g/mol. The lowest BCUT2D eigenvalue weighted by Gasteiger charge is -2.37. The number of hydrogen-bond donors (Lipinski definition) is 0. The minimum absolute atomic E-state index is 0.184. The van der Waals surface area contributed by atoms with Crippen LogP contribution in [-0.4, -0.2) is 13.3 Å². The fourth-order valence-electron chi connectivity index (χ4n) is 5.22. The highest BCUT2D eigenvalue weighted by atomic mass is 19.1. The molecular formula is C25H37FO. The topological polar surface area (TPSA) is 9.23 Å². The van der Waals surface area contributed by atoms with Gasteiger partial charge in [0.15, 0.2) is 0 Å². The third-order valence-corrected chi connectivity index (χ3v) is 6.83. The number of benzene rings is 1. The Hall–Kier alpha value is -1.31. The highest BCUT2D eigenvalue weighted by molar-refractivity contribution is 5.29. The van der Waals surface area contributed by atoms with Gasteiger partial charge < -0.3 is 4.74 Å².